The van der Waals surface area contributed by atoms with Crippen molar-refractivity contribution in [1.29, 1.82) is 0 Å². The molecule has 1 fully saturated rings. The monoisotopic (exact) mass is 325 g/mol. The first-order valence-electron chi connectivity index (χ1n) is 7.86. The lowest BCUT2D eigenvalue weighted by Gasteiger charge is -2.21. The van der Waals surface area contributed by atoms with Gasteiger partial charge in [0.05, 0.1) is 5.69 Å². The highest BCUT2D eigenvalue weighted by Crippen LogP contribution is 2.22. The quantitative estimate of drug-likeness (QED) is 0.875. The number of hydrogen-bond donors (Lipinski definition) is 2. The van der Waals surface area contributed by atoms with E-state index in [0.717, 1.165) is 24.1 Å². The lowest BCUT2D eigenvalue weighted by atomic mass is 10.1. The van der Waals surface area contributed by atoms with Crippen LogP contribution in [0.5, 0.6) is 0 Å². The second-order valence-electron chi connectivity index (χ2n) is 5.96. The molecule has 0 aliphatic carbocycles. The maximum atomic E-state index is 11.3. The van der Waals surface area contributed by atoms with Crippen LogP contribution in [-0.2, 0) is 11.3 Å². The van der Waals surface area contributed by atoms with Crippen molar-refractivity contribution in [2.75, 3.05) is 6.54 Å². The highest BCUT2D eigenvalue weighted by Gasteiger charge is 2.30. The molecule has 1 amide bonds. The molecule has 1 atom stereocenters. The predicted octanol–water partition coefficient (Wildman–Crippen LogP) is 1.90. The van der Waals surface area contributed by atoms with Gasteiger partial charge in [0, 0.05) is 23.9 Å². The molecule has 0 spiro atoms. The molecule has 6 nitrogen and oxygen atoms in total. The number of primary amides is 1. The molecule has 1 aliphatic heterocycles. The Bertz CT molecular complexity index is 758. The summed E-state index contributed by atoms with van der Waals surface area (Å²) in [6, 6.07) is 10.6. The van der Waals surface area contributed by atoms with Crippen molar-refractivity contribution in [3.63, 3.8) is 0 Å². The normalized spacial score (nSPS) is 17.8. The van der Waals surface area contributed by atoms with Crippen molar-refractivity contribution in [1.82, 2.24) is 9.88 Å². The summed E-state index contributed by atoms with van der Waals surface area (Å²) in [5.41, 5.74) is 8.34. The predicted molar refractivity (Wildman–Crippen MR) is 89.3 cm³/mol. The van der Waals surface area contributed by atoms with E-state index in [4.69, 9.17) is 5.73 Å². The van der Waals surface area contributed by atoms with Gasteiger partial charge in [0.25, 0.3) is 0 Å². The lowest BCUT2D eigenvalue weighted by molar-refractivity contribution is -0.142. The molecule has 124 valence electrons. The Morgan fingerprint density at radius 2 is 2.00 bits per heavy atom. The standard InChI is InChI=1S/C18H19N3O3/c19-17(22)14-7-8-20-15(10-14)13-5-3-12(4-6-13)11-21-9-1-2-16(21)18(23)24/h3-8,10,16H,1-2,9,11H2,(H2,19,22)(H,23,24)/t16-/m0/s1. The molecule has 24 heavy (non-hydrogen) atoms. The fraction of sp³-hybridized carbons (Fsp3) is 0.278. The number of carbonyl (C=O) groups excluding carboxylic acids is 1. The number of hydrogen-bond acceptors (Lipinski definition) is 4. The minimum absolute atomic E-state index is 0.390. The van der Waals surface area contributed by atoms with Crippen LogP contribution in [0.3, 0.4) is 0 Å². The Morgan fingerprint density at radius 1 is 1.25 bits per heavy atom. The lowest BCUT2D eigenvalue weighted by Crippen LogP contribution is -2.35. The summed E-state index contributed by atoms with van der Waals surface area (Å²) < 4.78 is 0. The van der Waals surface area contributed by atoms with Crippen LogP contribution < -0.4 is 5.73 Å². The number of benzene rings is 1. The summed E-state index contributed by atoms with van der Waals surface area (Å²) in [4.78, 5) is 28.8. The van der Waals surface area contributed by atoms with Gasteiger partial charge in [-0.15, -0.1) is 0 Å². The summed E-state index contributed by atoms with van der Waals surface area (Å²) in [6.07, 6.45) is 3.18. The highest BCUT2D eigenvalue weighted by molar-refractivity contribution is 5.93. The maximum Gasteiger partial charge on any atom is 0.320 e. The zero-order chi connectivity index (χ0) is 17.1. The van der Waals surface area contributed by atoms with Gasteiger partial charge >= 0.3 is 5.97 Å². The number of nitrogens with zero attached hydrogens (tertiary/aromatic N) is 2. The molecule has 1 aliphatic rings. The summed E-state index contributed by atoms with van der Waals surface area (Å²) in [5, 5.41) is 9.24. The van der Waals surface area contributed by atoms with E-state index < -0.39 is 17.9 Å². The van der Waals surface area contributed by atoms with Crippen LogP contribution in [-0.4, -0.2) is 39.5 Å². The smallest absolute Gasteiger partial charge is 0.320 e. The number of likely N-dealkylation sites (tertiary alicyclic amines) is 1. The van der Waals surface area contributed by atoms with Crippen LogP contribution in [0.4, 0.5) is 0 Å². The molecular weight excluding hydrogens is 306 g/mol. The van der Waals surface area contributed by atoms with E-state index >= 15 is 0 Å². The van der Waals surface area contributed by atoms with Gasteiger partial charge in [-0.25, -0.2) is 0 Å². The SMILES string of the molecule is NC(=O)c1ccnc(-c2ccc(CN3CCC[C@H]3C(=O)O)cc2)c1. The largest absolute Gasteiger partial charge is 0.480 e. The number of rotatable bonds is 5. The van der Waals surface area contributed by atoms with Gasteiger partial charge in [-0.3, -0.25) is 19.5 Å². The number of amides is 1. The van der Waals surface area contributed by atoms with E-state index in [1.165, 1.54) is 0 Å². The van der Waals surface area contributed by atoms with E-state index in [9.17, 15) is 14.7 Å². The van der Waals surface area contributed by atoms with E-state index in [2.05, 4.69) is 4.98 Å². The average Bonchev–Trinajstić information content (AvgIpc) is 3.04. The van der Waals surface area contributed by atoms with Crippen LogP contribution in [0, 0.1) is 0 Å². The van der Waals surface area contributed by atoms with Crippen LogP contribution in [0.15, 0.2) is 42.6 Å². The van der Waals surface area contributed by atoms with E-state index in [1.54, 1.807) is 18.3 Å². The Labute approximate surface area is 139 Å². The average molecular weight is 325 g/mol. The van der Waals surface area contributed by atoms with Crippen molar-refractivity contribution in [3.8, 4) is 11.3 Å². The molecule has 1 aromatic heterocycles. The third-order valence-electron chi connectivity index (χ3n) is 4.33. The minimum Gasteiger partial charge on any atom is -0.480 e. The van der Waals surface area contributed by atoms with Gasteiger partial charge in [0.1, 0.15) is 6.04 Å². The van der Waals surface area contributed by atoms with Crippen LogP contribution >= 0.6 is 0 Å². The van der Waals surface area contributed by atoms with Crippen molar-refractivity contribution < 1.29 is 14.7 Å². The van der Waals surface area contributed by atoms with Crippen LogP contribution in [0.25, 0.3) is 11.3 Å². The third-order valence-corrected chi connectivity index (χ3v) is 4.33. The Balaban J connectivity index is 1.75. The highest BCUT2D eigenvalue weighted by atomic mass is 16.4. The zero-order valence-electron chi connectivity index (χ0n) is 13.2. The zero-order valence-corrected chi connectivity index (χ0v) is 13.2. The van der Waals surface area contributed by atoms with Gasteiger partial charge in [-0.2, -0.15) is 0 Å². The minimum atomic E-state index is -0.753. The second-order valence-corrected chi connectivity index (χ2v) is 5.96. The Morgan fingerprint density at radius 3 is 2.67 bits per heavy atom. The molecule has 0 radical (unpaired) electrons. The van der Waals surface area contributed by atoms with Gasteiger partial charge in [0.15, 0.2) is 0 Å². The molecule has 0 saturated carbocycles. The molecule has 3 rings (SSSR count). The van der Waals surface area contributed by atoms with Crippen molar-refractivity contribution in [3.05, 3.63) is 53.7 Å². The summed E-state index contributed by atoms with van der Waals surface area (Å²) in [5.74, 6) is -1.24. The van der Waals surface area contributed by atoms with Gasteiger partial charge < -0.3 is 10.8 Å². The summed E-state index contributed by atoms with van der Waals surface area (Å²) in [7, 11) is 0. The Kier molecular flexibility index (Phi) is 4.57. The third kappa shape index (κ3) is 3.44. The van der Waals surface area contributed by atoms with Gasteiger partial charge in [-0.1, -0.05) is 24.3 Å². The van der Waals surface area contributed by atoms with E-state index in [0.29, 0.717) is 24.2 Å². The molecule has 1 aromatic carbocycles. The number of aromatic nitrogens is 1. The second kappa shape index (κ2) is 6.80. The first-order chi connectivity index (χ1) is 11.5. The molecule has 2 heterocycles. The summed E-state index contributed by atoms with van der Waals surface area (Å²) in [6.45, 7) is 1.42. The Hall–Kier alpha value is -2.73. The maximum absolute atomic E-state index is 11.3. The summed E-state index contributed by atoms with van der Waals surface area (Å²) >= 11 is 0. The number of nitrogens with two attached hydrogens (primary N) is 1. The molecular formula is C18H19N3O3. The van der Waals surface area contributed by atoms with Crippen molar-refractivity contribution in [2.45, 2.75) is 25.4 Å². The van der Waals surface area contributed by atoms with Crippen LogP contribution in [0.2, 0.25) is 0 Å². The van der Waals surface area contributed by atoms with Gasteiger partial charge in [0.2, 0.25) is 5.91 Å². The first kappa shape index (κ1) is 16.1. The van der Waals surface area contributed by atoms with Crippen LogP contribution in [0.1, 0.15) is 28.8 Å². The molecule has 2 aromatic rings. The first-order valence-corrected chi connectivity index (χ1v) is 7.86. The van der Waals surface area contributed by atoms with E-state index in [-0.39, 0.29) is 0 Å². The molecule has 3 N–H and O–H groups in total. The van der Waals surface area contributed by atoms with E-state index in [1.807, 2.05) is 29.2 Å². The fourth-order valence-electron chi connectivity index (χ4n) is 3.05. The number of pyridine rings is 1. The van der Waals surface area contributed by atoms with Gasteiger partial charge in [-0.05, 0) is 37.1 Å². The fourth-order valence-corrected chi connectivity index (χ4v) is 3.05. The molecule has 0 unspecified atom stereocenters. The number of aliphatic carboxylic acids is 1. The molecule has 6 heteroatoms. The number of carbonyl (C=O) groups is 2. The van der Waals surface area contributed by atoms with Crippen molar-refractivity contribution in [2.24, 2.45) is 5.73 Å². The number of carboxylic acids is 1. The molecule has 0 bridgehead atoms. The number of carboxylic acid groups (broad SMARTS) is 1. The van der Waals surface area contributed by atoms with Crippen molar-refractivity contribution >= 4 is 11.9 Å². The molecule has 1 saturated heterocycles. The topological polar surface area (TPSA) is 96.5 Å².